The second kappa shape index (κ2) is 7.74. The van der Waals surface area contributed by atoms with Gasteiger partial charge >= 0.3 is 0 Å². The smallest absolute Gasteiger partial charge is 0.221 e. The zero-order valence-electron chi connectivity index (χ0n) is 15.8. The van der Waals surface area contributed by atoms with Crippen LogP contribution in [0.1, 0.15) is 18.1 Å². The van der Waals surface area contributed by atoms with Crippen molar-refractivity contribution in [2.45, 2.75) is 6.92 Å². The lowest BCUT2D eigenvalue weighted by Gasteiger charge is -2.13. The molecule has 0 saturated carbocycles. The normalized spacial score (nSPS) is 10.2. The summed E-state index contributed by atoms with van der Waals surface area (Å²) in [6.45, 7) is 1.43. The van der Waals surface area contributed by atoms with Crippen LogP contribution in [0.2, 0.25) is 0 Å². The lowest BCUT2D eigenvalue weighted by Crippen LogP contribution is -2.05. The minimum Gasteiger partial charge on any atom is -0.455 e. The van der Waals surface area contributed by atoms with Crippen LogP contribution in [0, 0.1) is 22.7 Å². The molecular weight excluding hydrogens is 380 g/mol. The van der Waals surface area contributed by atoms with Crippen LogP contribution in [-0.2, 0) is 4.79 Å². The van der Waals surface area contributed by atoms with Gasteiger partial charge in [-0.25, -0.2) is 4.68 Å². The predicted molar refractivity (Wildman–Crippen MR) is 109 cm³/mol. The SMILES string of the molecule is CC(=O)Nc1ccc(Oc2cc(C#N)c(C#N)cc2-n2nnc3ccccc32)cc1. The van der Waals surface area contributed by atoms with Crippen molar-refractivity contribution in [1.82, 2.24) is 15.0 Å². The largest absolute Gasteiger partial charge is 0.455 e. The number of aromatic nitrogens is 3. The molecule has 8 nitrogen and oxygen atoms in total. The van der Waals surface area contributed by atoms with Crippen molar-refractivity contribution in [3.05, 3.63) is 71.8 Å². The van der Waals surface area contributed by atoms with E-state index < -0.39 is 0 Å². The Hall–Kier alpha value is -4.69. The zero-order chi connectivity index (χ0) is 21.1. The molecule has 1 N–H and O–H groups in total. The number of anilines is 1. The molecule has 0 atom stereocenters. The van der Waals surface area contributed by atoms with E-state index in [0.29, 0.717) is 28.4 Å². The predicted octanol–water partition coefficient (Wildman–Crippen LogP) is 3.91. The summed E-state index contributed by atoms with van der Waals surface area (Å²) in [4.78, 5) is 11.2. The molecule has 4 rings (SSSR count). The number of para-hydroxylation sites is 1. The quantitative estimate of drug-likeness (QED) is 0.561. The van der Waals surface area contributed by atoms with Gasteiger partial charge in [0, 0.05) is 18.7 Å². The molecule has 4 aromatic rings. The summed E-state index contributed by atoms with van der Waals surface area (Å²) in [5.41, 5.74) is 2.93. The van der Waals surface area contributed by atoms with Gasteiger partial charge in [0.05, 0.1) is 16.6 Å². The topological polar surface area (TPSA) is 117 Å². The van der Waals surface area contributed by atoms with Crippen LogP contribution in [-0.4, -0.2) is 20.9 Å². The average Bonchev–Trinajstić information content (AvgIpc) is 3.18. The van der Waals surface area contributed by atoms with Crippen LogP contribution < -0.4 is 10.1 Å². The average molecular weight is 394 g/mol. The molecule has 1 amide bonds. The number of carbonyl (C=O) groups is 1. The molecule has 1 aromatic heterocycles. The van der Waals surface area contributed by atoms with E-state index in [4.69, 9.17) is 4.74 Å². The van der Waals surface area contributed by atoms with E-state index >= 15 is 0 Å². The standard InChI is InChI=1S/C22H14N6O2/c1-14(29)25-17-6-8-18(9-7-17)30-22-11-16(13-24)15(12-23)10-21(22)28-20-5-3-2-4-19(20)26-27-28/h2-11H,1H3,(H,25,29). The van der Waals surface area contributed by atoms with E-state index in [1.165, 1.54) is 13.0 Å². The number of benzene rings is 3. The molecular formula is C22H14N6O2. The summed E-state index contributed by atoms with van der Waals surface area (Å²) in [6.07, 6.45) is 0. The van der Waals surface area contributed by atoms with Gasteiger partial charge in [0.1, 0.15) is 29.1 Å². The first-order valence-electron chi connectivity index (χ1n) is 8.93. The monoisotopic (exact) mass is 394 g/mol. The van der Waals surface area contributed by atoms with Crippen molar-refractivity contribution < 1.29 is 9.53 Å². The Morgan fingerprint density at radius 2 is 1.73 bits per heavy atom. The van der Waals surface area contributed by atoms with Gasteiger partial charge in [-0.2, -0.15) is 10.5 Å². The zero-order valence-corrected chi connectivity index (χ0v) is 15.8. The summed E-state index contributed by atoms with van der Waals surface area (Å²) in [7, 11) is 0. The van der Waals surface area contributed by atoms with Crippen LogP contribution in [0.5, 0.6) is 11.5 Å². The van der Waals surface area contributed by atoms with E-state index in [0.717, 1.165) is 5.52 Å². The molecule has 0 bridgehead atoms. The molecule has 8 heteroatoms. The molecule has 30 heavy (non-hydrogen) atoms. The molecule has 0 fully saturated rings. The van der Waals surface area contributed by atoms with Gasteiger partial charge in [-0.15, -0.1) is 5.10 Å². The molecule has 0 aliphatic carbocycles. The molecule has 144 valence electrons. The van der Waals surface area contributed by atoms with Gasteiger partial charge in [0.2, 0.25) is 5.91 Å². The fraction of sp³-hybridized carbons (Fsp3) is 0.0455. The fourth-order valence-electron chi connectivity index (χ4n) is 2.98. The number of amides is 1. The second-order valence-corrected chi connectivity index (χ2v) is 6.39. The van der Waals surface area contributed by atoms with Crippen LogP contribution in [0.25, 0.3) is 16.7 Å². The highest BCUT2D eigenvalue weighted by atomic mass is 16.5. The highest BCUT2D eigenvalue weighted by molar-refractivity contribution is 5.88. The Morgan fingerprint density at radius 3 is 2.43 bits per heavy atom. The summed E-state index contributed by atoms with van der Waals surface area (Å²) in [6, 6.07) is 21.3. The second-order valence-electron chi connectivity index (χ2n) is 6.39. The van der Waals surface area contributed by atoms with E-state index in [1.54, 1.807) is 35.0 Å². The van der Waals surface area contributed by atoms with Crippen LogP contribution >= 0.6 is 0 Å². The number of rotatable bonds is 4. The Morgan fingerprint density at radius 1 is 1.03 bits per heavy atom. The number of hydrogen-bond acceptors (Lipinski definition) is 6. The number of carbonyl (C=O) groups excluding carboxylic acids is 1. The summed E-state index contributed by atoms with van der Waals surface area (Å²) in [5, 5.41) is 29.9. The van der Waals surface area contributed by atoms with E-state index in [9.17, 15) is 15.3 Å². The van der Waals surface area contributed by atoms with Crippen LogP contribution in [0.15, 0.2) is 60.7 Å². The Labute approximate surface area is 171 Å². The van der Waals surface area contributed by atoms with Crippen molar-refractivity contribution in [3.8, 4) is 29.3 Å². The van der Waals surface area contributed by atoms with Gasteiger partial charge in [-0.1, -0.05) is 17.3 Å². The summed E-state index contributed by atoms with van der Waals surface area (Å²) in [5.74, 6) is 0.659. The third-order valence-corrected chi connectivity index (χ3v) is 4.32. The molecule has 0 aliphatic heterocycles. The number of hydrogen-bond donors (Lipinski definition) is 1. The lowest BCUT2D eigenvalue weighted by molar-refractivity contribution is -0.114. The highest BCUT2D eigenvalue weighted by Gasteiger charge is 2.17. The molecule has 3 aromatic carbocycles. The summed E-state index contributed by atoms with van der Waals surface area (Å²) >= 11 is 0. The number of nitriles is 2. The Balaban J connectivity index is 1.81. The van der Waals surface area contributed by atoms with Crippen molar-refractivity contribution in [1.29, 1.82) is 10.5 Å². The third-order valence-electron chi connectivity index (χ3n) is 4.32. The maximum absolute atomic E-state index is 11.2. The molecule has 1 heterocycles. The molecule has 0 aliphatic rings. The first-order valence-corrected chi connectivity index (χ1v) is 8.93. The molecule has 0 unspecified atom stereocenters. The summed E-state index contributed by atoms with van der Waals surface area (Å²) < 4.78 is 7.59. The highest BCUT2D eigenvalue weighted by Crippen LogP contribution is 2.33. The number of nitrogens with zero attached hydrogens (tertiary/aromatic N) is 5. The Bertz CT molecular complexity index is 1340. The van der Waals surface area contributed by atoms with E-state index in [-0.39, 0.29) is 17.0 Å². The third kappa shape index (κ3) is 3.53. The van der Waals surface area contributed by atoms with Gasteiger partial charge in [-0.3, -0.25) is 4.79 Å². The van der Waals surface area contributed by atoms with Gasteiger partial charge in [0.15, 0.2) is 5.75 Å². The van der Waals surface area contributed by atoms with Gasteiger partial charge in [-0.05, 0) is 42.5 Å². The van der Waals surface area contributed by atoms with Crippen LogP contribution in [0.4, 0.5) is 5.69 Å². The maximum atomic E-state index is 11.2. The van der Waals surface area contributed by atoms with Gasteiger partial charge < -0.3 is 10.1 Å². The molecule has 0 radical (unpaired) electrons. The minimum atomic E-state index is -0.172. The van der Waals surface area contributed by atoms with Crippen molar-refractivity contribution in [2.24, 2.45) is 0 Å². The van der Waals surface area contributed by atoms with Gasteiger partial charge in [0.25, 0.3) is 0 Å². The van der Waals surface area contributed by atoms with Crippen molar-refractivity contribution in [3.63, 3.8) is 0 Å². The van der Waals surface area contributed by atoms with E-state index in [1.807, 2.05) is 36.4 Å². The van der Waals surface area contributed by atoms with Crippen molar-refractivity contribution in [2.75, 3.05) is 5.32 Å². The lowest BCUT2D eigenvalue weighted by atomic mass is 10.1. The van der Waals surface area contributed by atoms with E-state index in [2.05, 4.69) is 15.6 Å². The first-order chi connectivity index (χ1) is 14.6. The fourth-order valence-corrected chi connectivity index (χ4v) is 2.98. The number of nitrogens with one attached hydrogen (secondary N) is 1. The number of ether oxygens (including phenoxy) is 1. The maximum Gasteiger partial charge on any atom is 0.221 e. The van der Waals surface area contributed by atoms with Crippen LogP contribution in [0.3, 0.4) is 0 Å². The minimum absolute atomic E-state index is 0.172. The molecule has 0 saturated heterocycles. The van der Waals surface area contributed by atoms with Crippen molar-refractivity contribution >= 4 is 22.6 Å². The number of fused-ring (bicyclic) bond motifs is 1. The molecule has 0 spiro atoms. The first kappa shape index (κ1) is 18.7. The Kier molecular flexibility index (Phi) is 4.82.